The van der Waals surface area contributed by atoms with E-state index in [4.69, 9.17) is 15.6 Å². The van der Waals surface area contributed by atoms with Gasteiger partial charge in [0.1, 0.15) is 11.5 Å². The smallest absolute Gasteiger partial charge is 0.330 e. The monoisotopic (exact) mass is 272 g/mol. The van der Waals surface area contributed by atoms with Gasteiger partial charge in [-0.25, -0.2) is 4.79 Å². The van der Waals surface area contributed by atoms with Crippen molar-refractivity contribution in [2.24, 2.45) is 0 Å². The van der Waals surface area contributed by atoms with Crippen LogP contribution in [0.15, 0.2) is 9.59 Å². The van der Waals surface area contributed by atoms with E-state index in [1.54, 1.807) is 4.90 Å². The third-order valence-corrected chi connectivity index (χ3v) is 2.80. The molecular formula is C11H20N4O4. The molecule has 1 aromatic rings. The molecule has 0 aliphatic carbocycles. The highest BCUT2D eigenvalue weighted by Crippen LogP contribution is 2.15. The minimum atomic E-state index is -0.566. The number of ether oxygens (including phenoxy) is 1. The van der Waals surface area contributed by atoms with Crippen molar-refractivity contribution in [1.29, 1.82) is 0 Å². The summed E-state index contributed by atoms with van der Waals surface area (Å²) >= 11 is 0. The fourth-order valence-corrected chi connectivity index (χ4v) is 1.84. The van der Waals surface area contributed by atoms with Crippen molar-refractivity contribution in [2.75, 3.05) is 44.0 Å². The number of hydrogen-bond acceptors (Lipinski definition) is 6. The molecule has 0 aromatic carbocycles. The second kappa shape index (κ2) is 6.95. The third-order valence-electron chi connectivity index (χ3n) is 2.80. The molecule has 0 aliphatic rings. The molecule has 1 rings (SSSR count). The van der Waals surface area contributed by atoms with E-state index in [0.717, 1.165) is 0 Å². The summed E-state index contributed by atoms with van der Waals surface area (Å²) in [5.41, 5.74) is 4.98. The Morgan fingerprint density at radius 2 is 2.16 bits per heavy atom. The second-order valence-electron chi connectivity index (χ2n) is 3.94. The molecule has 108 valence electrons. The Morgan fingerprint density at radius 3 is 2.68 bits per heavy atom. The number of rotatable bonds is 7. The van der Waals surface area contributed by atoms with Crippen molar-refractivity contribution in [1.82, 2.24) is 9.55 Å². The maximum Gasteiger partial charge on any atom is 0.330 e. The van der Waals surface area contributed by atoms with Crippen LogP contribution in [0.25, 0.3) is 0 Å². The van der Waals surface area contributed by atoms with Gasteiger partial charge >= 0.3 is 5.69 Å². The highest BCUT2D eigenvalue weighted by Gasteiger charge is 2.17. The van der Waals surface area contributed by atoms with Gasteiger partial charge in [0.05, 0.1) is 19.8 Å². The fourth-order valence-electron chi connectivity index (χ4n) is 1.84. The number of nitrogens with one attached hydrogen (secondary N) is 1. The van der Waals surface area contributed by atoms with Gasteiger partial charge in [0.2, 0.25) is 0 Å². The number of hydrogen-bond donors (Lipinski definition) is 3. The molecule has 0 bridgehead atoms. The molecule has 0 amide bonds. The molecule has 19 heavy (non-hydrogen) atoms. The lowest BCUT2D eigenvalue weighted by Gasteiger charge is -2.23. The van der Waals surface area contributed by atoms with Crippen molar-refractivity contribution in [3.05, 3.63) is 20.8 Å². The lowest BCUT2D eigenvalue weighted by molar-refractivity contribution is 0.186. The van der Waals surface area contributed by atoms with Crippen molar-refractivity contribution < 1.29 is 9.84 Å². The molecule has 8 nitrogen and oxygen atoms in total. The number of nitrogens with two attached hydrogens (primary N) is 1. The molecule has 0 saturated carbocycles. The average Bonchev–Trinajstić information content (AvgIpc) is 2.37. The highest BCUT2D eigenvalue weighted by molar-refractivity contribution is 5.62. The number of likely N-dealkylation sites (N-methyl/N-ethyl adjacent to an activating group) is 1. The van der Waals surface area contributed by atoms with Crippen LogP contribution in [0.3, 0.4) is 0 Å². The molecule has 4 N–H and O–H groups in total. The molecule has 0 fully saturated rings. The number of methoxy groups -OCH3 is 1. The molecule has 0 atom stereocenters. The van der Waals surface area contributed by atoms with E-state index >= 15 is 0 Å². The summed E-state index contributed by atoms with van der Waals surface area (Å²) in [6.45, 7) is 3.05. The maximum absolute atomic E-state index is 11.9. The third kappa shape index (κ3) is 3.36. The molecule has 8 heteroatoms. The van der Waals surface area contributed by atoms with Gasteiger partial charge in [0, 0.05) is 20.2 Å². The topological polar surface area (TPSA) is 114 Å². The number of anilines is 2. The Morgan fingerprint density at radius 1 is 1.47 bits per heavy atom. The summed E-state index contributed by atoms with van der Waals surface area (Å²) in [4.78, 5) is 27.4. The molecule has 0 unspecified atom stereocenters. The number of aliphatic hydroxyl groups excluding tert-OH is 1. The number of aliphatic hydroxyl groups is 1. The van der Waals surface area contributed by atoms with Crippen LogP contribution in [0.4, 0.5) is 11.5 Å². The van der Waals surface area contributed by atoms with Gasteiger partial charge in [-0.2, -0.15) is 0 Å². The van der Waals surface area contributed by atoms with Gasteiger partial charge in [-0.05, 0) is 6.92 Å². The van der Waals surface area contributed by atoms with Gasteiger partial charge in [-0.1, -0.05) is 0 Å². The molecule has 0 saturated heterocycles. The zero-order chi connectivity index (χ0) is 14.4. The standard InChI is InChI=1S/C11H20N4O4/c1-3-14(4-6-16)8-9(12)15(5-7-19-2)11(18)13-10(8)17/h16H,3-7,12H2,1-2H3,(H,13,17,18). The largest absolute Gasteiger partial charge is 0.395 e. The first-order valence-electron chi connectivity index (χ1n) is 6.04. The van der Waals surface area contributed by atoms with Crippen LogP contribution in [0.1, 0.15) is 6.92 Å². The van der Waals surface area contributed by atoms with Crippen molar-refractivity contribution >= 4 is 11.5 Å². The molecular weight excluding hydrogens is 252 g/mol. The Kier molecular flexibility index (Phi) is 5.58. The first-order chi connectivity index (χ1) is 9.06. The van der Waals surface area contributed by atoms with Gasteiger partial charge in [-0.15, -0.1) is 0 Å². The summed E-state index contributed by atoms with van der Waals surface area (Å²) in [5.74, 6) is 0.0844. The first-order valence-corrected chi connectivity index (χ1v) is 6.04. The predicted octanol–water partition coefficient (Wildman–Crippen LogP) is -1.42. The lowest BCUT2D eigenvalue weighted by Crippen LogP contribution is -2.39. The van der Waals surface area contributed by atoms with E-state index in [9.17, 15) is 9.59 Å². The number of nitrogen functional groups attached to an aromatic ring is 1. The number of aromatic amines is 1. The SMILES string of the molecule is CCN(CCO)c1c(N)n(CCOC)c(=O)[nH]c1=O. The minimum Gasteiger partial charge on any atom is -0.395 e. The lowest BCUT2D eigenvalue weighted by atomic mass is 10.3. The summed E-state index contributed by atoms with van der Waals surface area (Å²) < 4.78 is 6.15. The van der Waals surface area contributed by atoms with Crippen LogP contribution in [0, 0.1) is 0 Å². The summed E-state index contributed by atoms with van der Waals surface area (Å²) in [7, 11) is 1.51. The molecule has 0 radical (unpaired) electrons. The number of aromatic nitrogens is 2. The molecule has 1 heterocycles. The van der Waals surface area contributed by atoms with E-state index in [2.05, 4.69) is 4.98 Å². The van der Waals surface area contributed by atoms with E-state index in [1.165, 1.54) is 11.7 Å². The Hall–Kier alpha value is -1.80. The van der Waals surface area contributed by atoms with Gasteiger partial charge in [-0.3, -0.25) is 14.3 Å². The summed E-state index contributed by atoms with van der Waals surface area (Å²) in [6, 6.07) is 0. The Balaban J connectivity index is 3.31. The summed E-state index contributed by atoms with van der Waals surface area (Å²) in [6.07, 6.45) is 0. The predicted molar refractivity (Wildman–Crippen MR) is 72.6 cm³/mol. The minimum absolute atomic E-state index is 0.0844. The second-order valence-corrected chi connectivity index (χ2v) is 3.94. The van der Waals surface area contributed by atoms with Crippen LogP contribution >= 0.6 is 0 Å². The van der Waals surface area contributed by atoms with Crippen LogP contribution in [-0.2, 0) is 11.3 Å². The normalized spacial score (nSPS) is 10.7. The van der Waals surface area contributed by atoms with Gasteiger partial charge in [0.25, 0.3) is 5.56 Å². The van der Waals surface area contributed by atoms with Crippen LogP contribution in [0.2, 0.25) is 0 Å². The molecule has 0 spiro atoms. The van der Waals surface area contributed by atoms with E-state index in [1.807, 2.05) is 6.92 Å². The van der Waals surface area contributed by atoms with Crippen molar-refractivity contribution in [2.45, 2.75) is 13.5 Å². The van der Waals surface area contributed by atoms with E-state index in [0.29, 0.717) is 13.2 Å². The fraction of sp³-hybridized carbons (Fsp3) is 0.636. The average molecular weight is 272 g/mol. The van der Waals surface area contributed by atoms with E-state index < -0.39 is 11.2 Å². The maximum atomic E-state index is 11.9. The molecule has 0 aliphatic heterocycles. The van der Waals surface area contributed by atoms with Crippen LogP contribution in [-0.4, -0.2) is 48.1 Å². The van der Waals surface area contributed by atoms with Crippen molar-refractivity contribution in [3.63, 3.8) is 0 Å². The zero-order valence-electron chi connectivity index (χ0n) is 11.2. The number of nitrogens with zero attached hydrogens (tertiary/aromatic N) is 2. The van der Waals surface area contributed by atoms with Gasteiger partial charge < -0.3 is 20.5 Å². The van der Waals surface area contributed by atoms with Crippen molar-refractivity contribution in [3.8, 4) is 0 Å². The van der Waals surface area contributed by atoms with Crippen LogP contribution < -0.4 is 21.9 Å². The van der Waals surface area contributed by atoms with Gasteiger partial charge in [0.15, 0.2) is 0 Å². The highest BCUT2D eigenvalue weighted by atomic mass is 16.5. The summed E-state index contributed by atoms with van der Waals surface area (Å²) in [5, 5.41) is 8.99. The Labute approximate surface area is 110 Å². The first kappa shape index (κ1) is 15.3. The Bertz CT molecular complexity index is 522. The molecule has 1 aromatic heterocycles. The number of H-pyrrole nitrogens is 1. The van der Waals surface area contributed by atoms with E-state index in [-0.39, 0.29) is 31.2 Å². The quantitative estimate of drug-likeness (QED) is 0.561. The van der Waals surface area contributed by atoms with Crippen LogP contribution in [0.5, 0.6) is 0 Å². The zero-order valence-corrected chi connectivity index (χ0v) is 11.2.